The number of nitrogen functional groups attached to an aromatic ring is 1. The van der Waals surface area contributed by atoms with E-state index in [4.69, 9.17) is 10.5 Å². The molecule has 19 heavy (non-hydrogen) atoms. The first-order chi connectivity index (χ1) is 9.19. The zero-order valence-corrected chi connectivity index (χ0v) is 10.6. The second kappa shape index (κ2) is 5.90. The van der Waals surface area contributed by atoms with E-state index in [-0.39, 0.29) is 5.75 Å². The summed E-state index contributed by atoms with van der Waals surface area (Å²) in [4.78, 5) is 8.25. The van der Waals surface area contributed by atoms with Gasteiger partial charge in [-0.15, -0.1) is 0 Å². The molecule has 0 fully saturated rings. The molecule has 1 aromatic carbocycles. The Morgan fingerprint density at radius 3 is 3.00 bits per heavy atom. The number of rotatable bonds is 5. The number of aromatic hydroxyl groups is 1. The molecule has 0 aliphatic carbocycles. The van der Waals surface area contributed by atoms with Crippen LogP contribution in [0.2, 0.25) is 0 Å². The van der Waals surface area contributed by atoms with Gasteiger partial charge in [-0.2, -0.15) is 4.98 Å². The molecular weight excluding hydrogens is 244 g/mol. The predicted molar refractivity (Wildman–Crippen MR) is 73.0 cm³/mol. The molecule has 0 aliphatic rings. The fourth-order valence-corrected chi connectivity index (χ4v) is 1.58. The van der Waals surface area contributed by atoms with Gasteiger partial charge in [0.15, 0.2) is 0 Å². The Balaban J connectivity index is 2.05. The fourth-order valence-electron chi connectivity index (χ4n) is 1.58. The molecule has 2 rings (SSSR count). The highest BCUT2D eigenvalue weighted by atomic mass is 16.5. The Bertz CT molecular complexity index is 560. The van der Waals surface area contributed by atoms with Crippen molar-refractivity contribution >= 4 is 11.6 Å². The fraction of sp³-hybridized carbons (Fsp3) is 0.231. The quantitative estimate of drug-likeness (QED) is 0.560. The summed E-state index contributed by atoms with van der Waals surface area (Å²) in [6.07, 6.45) is 1.61. The van der Waals surface area contributed by atoms with E-state index < -0.39 is 0 Å². The molecular formula is C13H16N4O2. The molecule has 1 aromatic heterocycles. The van der Waals surface area contributed by atoms with Gasteiger partial charge in [0.25, 0.3) is 0 Å². The molecule has 1 heterocycles. The molecule has 0 amide bonds. The highest BCUT2D eigenvalue weighted by Crippen LogP contribution is 2.20. The number of ether oxygens (including phenoxy) is 1. The van der Waals surface area contributed by atoms with Crippen molar-refractivity contribution in [3.05, 3.63) is 36.0 Å². The smallest absolute Gasteiger partial charge is 0.226 e. The number of nitrogens with two attached hydrogens (primary N) is 1. The van der Waals surface area contributed by atoms with E-state index >= 15 is 0 Å². The molecule has 0 saturated carbocycles. The van der Waals surface area contributed by atoms with Crippen molar-refractivity contribution in [3.8, 4) is 11.6 Å². The van der Waals surface area contributed by atoms with Crippen molar-refractivity contribution in [2.24, 2.45) is 0 Å². The van der Waals surface area contributed by atoms with Crippen LogP contribution in [-0.4, -0.2) is 21.7 Å². The van der Waals surface area contributed by atoms with Crippen molar-refractivity contribution in [1.82, 2.24) is 9.97 Å². The highest BCUT2D eigenvalue weighted by molar-refractivity contribution is 5.48. The molecule has 100 valence electrons. The maximum Gasteiger partial charge on any atom is 0.226 e. The van der Waals surface area contributed by atoms with Crippen LogP contribution < -0.4 is 15.8 Å². The minimum atomic E-state index is 0.183. The number of phenols is 1. The molecule has 0 unspecified atom stereocenters. The van der Waals surface area contributed by atoms with Crippen molar-refractivity contribution in [2.75, 3.05) is 17.7 Å². The van der Waals surface area contributed by atoms with Gasteiger partial charge in [0.05, 0.1) is 6.61 Å². The molecule has 0 bridgehead atoms. The lowest BCUT2D eigenvalue weighted by atomic mass is 10.2. The average Bonchev–Trinajstić information content (AvgIpc) is 2.41. The van der Waals surface area contributed by atoms with Crippen LogP contribution in [0, 0.1) is 0 Å². The zero-order chi connectivity index (χ0) is 13.7. The van der Waals surface area contributed by atoms with Gasteiger partial charge in [-0.3, -0.25) is 0 Å². The number of nitrogens with one attached hydrogen (secondary N) is 1. The van der Waals surface area contributed by atoms with E-state index in [1.165, 1.54) is 0 Å². The third kappa shape index (κ3) is 3.48. The van der Waals surface area contributed by atoms with E-state index in [0.717, 1.165) is 0 Å². The van der Waals surface area contributed by atoms with Crippen molar-refractivity contribution < 1.29 is 9.84 Å². The predicted octanol–water partition coefficient (Wildman–Crippen LogP) is 1.78. The summed E-state index contributed by atoms with van der Waals surface area (Å²) in [6, 6.07) is 6.59. The van der Waals surface area contributed by atoms with Gasteiger partial charge >= 0.3 is 0 Å². The second-order valence-electron chi connectivity index (χ2n) is 3.89. The van der Waals surface area contributed by atoms with Gasteiger partial charge in [0.1, 0.15) is 5.75 Å². The Morgan fingerprint density at radius 1 is 1.37 bits per heavy atom. The van der Waals surface area contributed by atoms with E-state index in [1.807, 2.05) is 6.92 Å². The largest absolute Gasteiger partial charge is 0.508 e. The lowest BCUT2D eigenvalue weighted by Crippen LogP contribution is -2.05. The molecule has 0 aliphatic heterocycles. The van der Waals surface area contributed by atoms with Crippen LogP contribution in [0.1, 0.15) is 12.5 Å². The number of aromatic nitrogens is 2. The first kappa shape index (κ1) is 12.9. The summed E-state index contributed by atoms with van der Waals surface area (Å²) in [7, 11) is 0. The Labute approximate surface area is 111 Å². The SMILES string of the molecule is CCOc1ccnc(NCc2cc(N)ccc2O)n1. The van der Waals surface area contributed by atoms with Crippen molar-refractivity contribution in [2.45, 2.75) is 13.5 Å². The Morgan fingerprint density at radius 2 is 2.21 bits per heavy atom. The van der Waals surface area contributed by atoms with Crippen LogP contribution in [0.15, 0.2) is 30.5 Å². The van der Waals surface area contributed by atoms with Crippen LogP contribution >= 0.6 is 0 Å². The van der Waals surface area contributed by atoms with E-state index in [2.05, 4.69) is 15.3 Å². The monoisotopic (exact) mass is 260 g/mol. The summed E-state index contributed by atoms with van der Waals surface area (Å²) in [6.45, 7) is 2.82. The Kier molecular flexibility index (Phi) is 4.02. The molecule has 6 heteroatoms. The molecule has 6 nitrogen and oxygen atoms in total. The lowest BCUT2D eigenvalue weighted by molar-refractivity contribution is 0.326. The first-order valence-corrected chi connectivity index (χ1v) is 5.96. The number of hydrogen-bond acceptors (Lipinski definition) is 6. The summed E-state index contributed by atoms with van der Waals surface area (Å²) >= 11 is 0. The molecule has 4 N–H and O–H groups in total. The van der Waals surface area contributed by atoms with Crippen LogP contribution in [0.4, 0.5) is 11.6 Å². The van der Waals surface area contributed by atoms with Gasteiger partial charge in [0, 0.05) is 30.1 Å². The summed E-state index contributed by atoms with van der Waals surface area (Å²) in [5, 5.41) is 12.7. The molecule has 0 saturated heterocycles. The van der Waals surface area contributed by atoms with Crippen LogP contribution in [0.3, 0.4) is 0 Å². The maximum atomic E-state index is 9.69. The number of hydrogen-bond donors (Lipinski definition) is 3. The average molecular weight is 260 g/mol. The van der Waals surface area contributed by atoms with Gasteiger partial charge in [-0.05, 0) is 25.1 Å². The normalized spacial score (nSPS) is 10.2. The van der Waals surface area contributed by atoms with Crippen LogP contribution in [-0.2, 0) is 6.54 Å². The summed E-state index contributed by atoms with van der Waals surface area (Å²) in [5.41, 5.74) is 6.95. The third-order valence-corrected chi connectivity index (χ3v) is 2.46. The minimum Gasteiger partial charge on any atom is -0.508 e. The second-order valence-corrected chi connectivity index (χ2v) is 3.89. The van der Waals surface area contributed by atoms with Crippen LogP contribution in [0.5, 0.6) is 11.6 Å². The van der Waals surface area contributed by atoms with E-state index in [9.17, 15) is 5.11 Å². The number of anilines is 2. The third-order valence-electron chi connectivity index (χ3n) is 2.46. The van der Waals surface area contributed by atoms with E-state index in [0.29, 0.717) is 36.2 Å². The number of phenolic OH excluding ortho intramolecular Hbond substituents is 1. The van der Waals surface area contributed by atoms with Crippen molar-refractivity contribution in [3.63, 3.8) is 0 Å². The Hall–Kier alpha value is -2.50. The maximum absolute atomic E-state index is 9.69. The van der Waals surface area contributed by atoms with Gasteiger partial charge in [-0.1, -0.05) is 0 Å². The molecule has 0 radical (unpaired) electrons. The highest BCUT2D eigenvalue weighted by Gasteiger charge is 2.04. The number of nitrogens with zero attached hydrogens (tertiary/aromatic N) is 2. The summed E-state index contributed by atoms with van der Waals surface area (Å²) < 4.78 is 5.28. The molecule has 0 spiro atoms. The summed E-state index contributed by atoms with van der Waals surface area (Å²) in [5.74, 6) is 1.13. The lowest BCUT2D eigenvalue weighted by Gasteiger charge is -2.08. The molecule has 2 aromatic rings. The zero-order valence-electron chi connectivity index (χ0n) is 10.6. The first-order valence-electron chi connectivity index (χ1n) is 5.96. The molecule has 0 atom stereocenters. The standard InChI is InChI=1S/C13H16N4O2/c1-2-19-12-5-6-15-13(17-12)16-8-9-7-10(14)3-4-11(9)18/h3-7,18H,2,8,14H2,1H3,(H,15,16,17). The van der Waals surface area contributed by atoms with E-state index in [1.54, 1.807) is 30.5 Å². The van der Waals surface area contributed by atoms with Gasteiger partial charge < -0.3 is 20.9 Å². The minimum absolute atomic E-state index is 0.183. The topological polar surface area (TPSA) is 93.3 Å². The van der Waals surface area contributed by atoms with Crippen molar-refractivity contribution in [1.29, 1.82) is 0 Å². The number of benzene rings is 1. The van der Waals surface area contributed by atoms with Gasteiger partial charge in [-0.25, -0.2) is 4.98 Å². The van der Waals surface area contributed by atoms with Crippen LogP contribution in [0.25, 0.3) is 0 Å². The van der Waals surface area contributed by atoms with Gasteiger partial charge in [0.2, 0.25) is 11.8 Å².